The van der Waals surface area contributed by atoms with Crippen LogP contribution in [-0.2, 0) is 9.59 Å². The van der Waals surface area contributed by atoms with Crippen molar-refractivity contribution in [1.29, 1.82) is 0 Å². The summed E-state index contributed by atoms with van der Waals surface area (Å²) in [6.45, 7) is 1.85. The Morgan fingerprint density at radius 1 is 1.29 bits per heavy atom. The summed E-state index contributed by atoms with van der Waals surface area (Å²) in [5.41, 5.74) is 6.21. The minimum Gasteiger partial charge on any atom is -0.480 e. The van der Waals surface area contributed by atoms with Crippen molar-refractivity contribution >= 4 is 23.9 Å². The molecule has 2 amide bonds. The molecule has 0 radical (unpaired) electrons. The lowest BCUT2D eigenvalue weighted by atomic mass is 10.1. The Kier molecular flexibility index (Phi) is 6.13. The number of nitrogens with one attached hydrogen (secondary N) is 1. The van der Waals surface area contributed by atoms with Gasteiger partial charge < -0.3 is 16.2 Å². The fourth-order valence-corrected chi connectivity index (χ4v) is 1.70. The van der Waals surface area contributed by atoms with E-state index in [2.05, 4.69) is 5.32 Å². The van der Waals surface area contributed by atoms with Crippen molar-refractivity contribution in [1.82, 2.24) is 5.32 Å². The monoisotopic (exact) mass is 290 g/mol. The van der Waals surface area contributed by atoms with Gasteiger partial charge in [-0.1, -0.05) is 25.5 Å². The van der Waals surface area contributed by atoms with Crippen LogP contribution in [0.5, 0.6) is 0 Å². The quantitative estimate of drug-likeness (QED) is 0.655. The number of primary amides is 1. The number of nitrogens with two attached hydrogens (primary N) is 1. The highest BCUT2D eigenvalue weighted by atomic mass is 16.4. The number of amides is 2. The van der Waals surface area contributed by atoms with Gasteiger partial charge in [-0.2, -0.15) is 0 Å². The molecule has 6 nitrogen and oxygen atoms in total. The van der Waals surface area contributed by atoms with Crippen molar-refractivity contribution in [3.63, 3.8) is 0 Å². The lowest BCUT2D eigenvalue weighted by Crippen LogP contribution is -2.39. The zero-order chi connectivity index (χ0) is 15.8. The van der Waals surface area contributed by atoms with Crippen LogP contribution < -0.4 is 11.1 Å². The van der Waals surface area contributed by atoms with Gasteiger partial charge in [0.15, 0.2) is 0 Å². The van der Waals surface area contributed by atoms with E-state index in [0.717, 1.165) is 0 Å². The molecule has 0 spiro atoms. The highest BCUT2D eigenvalue weighted by Crippen LogP contribution is 2.06. The number of rotatable bonds is 7. The van der Waals surface area contributed by atoms with Crippen LogP contribution in [0.2, 0.25) is 0 Å². The van der Waals surface area contributed by atoms with E-state index in [1.807, 2.05) is 6.92 Å². The maximum absolute atomic E-state index is 11.6. The number of carbonyl (C=O) groups is 3. The Balaban J connectivity index is 2.64. The third kappa shape index (κ3) is 5.48. The number of hydrogen-bond acceptors (Lipinski definition) is 3. The summed E-state index contributed by atoms with van der Waals surface area (Å²) < 4.78 is 0. The molecule has 0 fully saturated rings. The molecule has 0 aromatic heterocycles. The molecule has 21 heavy (non-hydrogen) atoms. The predicted molar refractivity (Wildman–Crippen MR) is 78.5 cm³/mol. The summed E-state index contributed by atoms with van der Waals surface area (Å²) in [5.74, 6) is -2.05. The summed E-state index contributed by atoms with van der Waals surface area (Å²) in [4.78, 5) is 33.5. The molecule has 1 atom stereocenters. The Labute approximate surface area is 122 Å². The first kappa shape index (κ1) is 16.4. The van der Waals surface area contributed by atoms with Crippen LogP contribution in [0, 0.1) is 0 Å². The first-order valence-electron chi connectivity index (χ1n) is 6.55. The topological polar surface area (TPSA) is 109 Å². The van der Waals surface area contributed by atoms with E-state index in [1.165, 1.54) is 12.2 Å². The van der Waals surface area contributed by atoms with E-state index in [1.54, 1.807) is 24.3 Å². The highest BCUT2D eigenvalue weighted by Gasteiger charge is 2.17. The Bertz CT molecular complexity index is 549. The average molecular weight is 290 g/mol. The number of benzene rings is 1. The molecule has 112 valence electrons. The molecular formula is C15H18N2O4. The van der Waals surface area contributed by atoms with Crippen LogP contribution in [0.3, 0.4) is 0 Å². The zero-order valence-electron chi connectivity index (χ0n) is 11.7. The third-order valence-electron chi connectivity index (χ3n) is 2.81. The van der Waals surface area contributed by atoms with Crippen LogP contribution >= 0.6 is 0 Å². The van der Waals surface area contributed by atoms with Gasteiger partial charge >= 0.3 is 5.97 Å². The van der Waals surface area contributed by atoms with Crippen LogP contribution in [0.4, 0.5) is 0 Å². The second-order valence-corrected chi connectivity index (χ2v) is 4.51. The first-order valence-corrected chi connectivity index (χ1v) is 6.55. The first-order chi connectivity index (χ1) is 9.93. The minimum atomic E-state index is -1.05. The number of hydrogen-bond donors (Lipinski definition) is 3. The van der Waals surface area contributed by atoms with Gasteiger partial charge in [-0.3, -0.25) is 9.59 Å². The fourth-order valence-electron chi connectivity index (χ4n) is 1.70. The van der Waals surface area contributed by atoms with Gasteiger partial charge in [-0.15, -0.1) is 0 Å². The van der Waals surface area contributed by atoms with E-state index in [0.29, 0.717) is 24.0 Å². The smallest absolute Gasteiger partial charge is 0.326 e. The molecule has 0 aliphatic carbocycles. The van der Waals surface area contributed by atoms with Gasteiger partial charge in [-0.05, 0) is 30.2 Å². The summed E-state index contributed by atoms with van der Waals surface area (Å²) >= 11 is 0. The van der Waals surface area contributed by atoms with E-state index < -0.39 is 23.8 Å². The van der Waals surface area contributed by atoms with Crippen LogP contribution in [0.25, 0.3) is 6.08 Å². The number of carboxylic acid groups (broad SMARTS) is 1. The molecule has 0 aliphatic heterocycles. The summed E-state index contributed by atoms with van der Waals surface area (Å²) in [5, 5.41) is 11.4. The molecule has 0 heterocycles. The summed E-state index contributed by atoms with van der Waals surface area (Å²) in [7, 11) is 0. The van der Waals surface area contributed by atoms with Gasteiger partial charge in [0.05, 0.1) is 0 Å². The Morgan fingerprint density at radius 2 is 1.90 bits per heavy atom. The van der Waals surface area contributed by atoms with Crippen LogP contribution in [-0.4, -0.2) is 28.9 Å². The van der Waals surface area contributed by atoms with Gasteiger partial charge in [0.2, 0.25) is 11.8 Å². The van der Waals surface area contributed by atoms with E-state index >= 15 is 0 Å². The largest absolute Gasteiger partial charge is 0.480 e. The average Bonchev–Trinajstić information content (AvgIpc) is 2.45. The van der Waals surface area contributed by atoms with Crippen molar-refractivity contribution in [3.8, 4) is 0 Å². The van der Waals surface area contributed by atoms with Crippen molar-refractivity contribution in [2.75, 3.05) is 0 Å². The number of aliphatic carboxylic acids is 1. The van der Waals surface area contributed by atoms with Crippen molar-refractivity contribution in [3.05, 3.63) is 41.5 Å². The molecule has 1 aromatic carbocycles. The van der Waals surface area contributed by atoms with Crippen molar-refractivity contribution in [2.24, 2.45) is 5.73 Å². The van der Waals surface area contributed by atoms with Gasteiger partial charge in [0.25, 0.3) is 0 Å². The lowest BCUT2D eigenvalue weighted by molar-refractivity contribution is -0.141. The van der Waals surface area contributed by atoms with Gasteiger partial charge in [-0.25, -0.2) is 4.79 Å². The maximum Gasteiger partial charge on any atom is 0.326 e. The second-order valence-electron chi connectivity index (χ2n) is 4.51. The summed E-state index contributed by atoms with van der Waals surface area (Å²) in [6, 6.07) is 5.51. The Hall–Kier alpha value is -2.63. The van der Waals surface area contributed by atoms with Crippen molar-refractivity contribution < 1.29 is 19.5 Å². The maximum atomic E-state index is 11.6. The lowest BCUT2D eigenvalue weighted by Gasteiger charge is -2.11. The minimum absolute atomic E-state index is 0.377. The van der Waals surface area contributed by atoms with E-state index in [9.17, 15) is 14.4 Å². The normalized spacial score (nSPS) is 12.0. The predicted octanol–water partition coefficient (Wildman–Crippen LogP) is 1.17. The summed E-state index contributed by atoms with van der Waals surface area (Å²) in [6.07, 6.45) is 3.83. The molecular weight excluding hydrogens is 272 g/mol. The van der Waals surface area contributed by atoms with Gasteiger partial charge in [0, 0.05) is 11.6 Å². The molecule has 6 heteroatoms. The fraction of sp³-hybridized carbons (Fsp3) is 0.267. The highest BCUT2D eigenvalue weighted by molar-refractivity contribution is 5.95. The van der Waals surface area contributed by atoms with E-state index in [-0.39, 0.29) is 0 Å². The molecule has 0 unspecified atom stereocenters. The zero-order valence-corrected chi connectivity index (χ0v) is 11.7. The van der Waals surface area contributed by atoms with Crippen LogP contribution in [0.15, 0.2) is 30.3 Å². The number of carboxylic acids is 1. The molecule has 0 saturated carbocycles. The SMILES string of the molecule is CCC[C@@H](NC(=O)/C=C/c1ccc(C(N)=O)cc1)C(=O)O. The molecule has 0 saturated heterocycles. The molecule has 1 rings (SSSR count). The molecule has 0 aliphatic rings. The molecule has 4 N–H and O–H groups in total. The van der Waals surface area contributed by atoms with Crippen LogP contribution in [0.1, 0.15) is 35.7 Å². The molecule has 1 aromatic rings. The Morgan fingerprint density at radius 3 is 2.38 bits per heavy atom. The van der Waals surface area contributed by atoms with Gasteiger partial charge in [0.1, 0.15) is 6.04 Å². The third-order valence-corrected chi connectivity index (χ3v) is 2.81. The van der Waals surface area contributed by atoms with E-state index in [4.69, 9.17) is 10.8 Å². The van der Waals surface area contributed by atoms with Crippen molar-refractivity contribution in [2.45, 2.75) is 25.8 Å². The number of carbonyl (C=O) groups excluding carboxylic acids is 2. The second kappa shape index (κ2) is 7.84. The standard InChI is InChI=1S/C15H18N2O4/c1-2-3-12(15(20)21)17-13(18)9-6-10-4-7-11(8-5-10)14(16)19/h4-9,12H,2-3H2,1H3,(H2,16,19)(H,17,18)(H,20,21)/b9-6+/t12-/m1/s1. The molecule has 0 bridgehead atoms.